The fourth-order valence-corrected chi connectivity index (χ4v) is 2.96. The van der Waals surface area contributed by atoms with Gasteiger partial charge in [-0.1, -0.05) is 30.4 Å². The number of urea groups is 1. The smallest absolute Gasteiger partial charge is 0.319 e. The summed E-state index contributed by atoms with van der Waals surface area (Å²) in [6.07, 6.45) is 3.27. The van der Waals surface area contributed by atoms with Gasteiger partial charge in [0.25, 0.3) is 0 Å². The van der Waals surface area contributed by atoms with Crippen molar-refractivity contribution in [3.8, 4) is 0 Å². The highest BCUT2D eigenvalue weighted by Crippen LogP contribution is 2.15. The van der Waals surface area contributed by atoms with Crippen LogP contribution in [0.4, 0.5) is 4.79 Å². The molecular formula is C15H14BrN3OS2. The van der Waals surface area contributed by atoms with Gasteiger partial charge in [0, 0.05) is 39.6 Å². The first-order chi connectivity index (χ1) is 10.6. The molecule has 2 N–H and O–H groups in total. The Kier molecular flexibility index (Phi) is 6.82. The van der Waals surface area contributed by atoms with Crippen molar-refractivity contribution in [3.63, 3.8) is 0 Å². The lowest BCUT2D eigenvalue weighted by molar-refractivity contribution is 0.246. The number of amides is 2. The van der Waals surface area contributed by atoms with Gasteiger partial charge in [-0.05, 0) is 34.1 Å². The Morgan fingerprint density at radius 3 is 2.77 bits per heavy atom. The predicted molar refractivity (Wildman–Crippen MR) is 97.3 cm³/mol. The summed E-state index contributed by atoms with van der Waals surface area (Å²) in [7, 11) is 0. The second-order valence-corrected chi connectivity index (χ2v) is 6.76. The maximum Gasteiger partial charge on any atom is 0.319 e. The number of hydrogen-bond acceptors (Lipinski definition) is 4. The van der Waals surface area contributed by atoms with Gasteiger partial charge in [0.2, 0.25) is 0 Å². The monoisotopic (exact) mass is 395 g/mol. The van der Waals surface area contributed by atoms with E-state index in [1.54, 1.807) is 30.2 Å². The van der Waals surface area contributed by atoms with Gasteiger partial charge < -0.3 is 5.32 Å². The first-order valence-corrected chi connectivity index (χ1v) is 8.71. The molecule has 1 heterocycles. The number of thiocarbonyl (C=S) groups is 1. The second-order valence-electron chi connectivity index (χ2n) is 4.26. The quantitative estimate of drug-likeness (QED) is 0.461. The van der Waals surface area contributed by atoms with Gasteiger partial charge in [-0.3, -0.25) is 10.3 Å². The number of rotatable bonds is 5. The molecule has 1 aromatic heterocycles. The summed E-state index contributed by atoms with van der Waals surface area (Å²) in [6, 6.07) is 11.5. The van der Waals surface area contributed by atoms with Crippen molar-refractivity contribution in [2.45, 2.75) is 4.90 Å². The van der Waals surface area contributed by atoms with E-state index >= 15 is 0 Å². The van der Waals surface area contributed by atoms with Crippen molar-refractivity contribution >= 4 is 50.9 Å². The average molecular weight is 396 g/mol. The topological polar surface area (TPSA) is 54.0 Å². The molecule has 2 aromatic rings. The lowest BCUT2D eigenvalue weighted by Crippen LogP contribution is -2.39. The first-order valence-electron chi connectivity index (χ1n) is 6.53. The number of aromatic nitrogens is 1. The minimum atomic E-state index is -0.307. The third-order valence-corrected chi connectivity index (χ3v) is 4.38. The highest BCUT2D eigenvalue weighted by atomic mass is 79.9. The minimum absolute atomic E-state index is 0.307. The summed E-state index contributed by atoms with van der Waals surface area (Å²) >= 11 is 10.2. The van der Waals surface area contributed by atoms with Crippen LogP contribution in [-0.4, -0.2) is 28.3 Å². The van der Waals surface area contributed by atoms with E-state index in [0.29, 0.717) is 17.1 Å². The molecule has 4 nitrogen and oxygen atoms in total. The zero-order valence-electron chi connectivity index (χ0n) is 11.6. The molecule has 2 amide bonds. The number of thioether (sulfide) groups is 1. The third kappa shape index (κ3) is 5.75. The van der Waals surface area contributed by atoms with Crippen molar-refractivity contribution in [3.05, 3.63) is 58.8 Å². The molecule has 0 unspecified atom stereocenters. The minimum Gasteiger partial charge on any atom is -0.337 e. The Morgan fingerprint density at radius 1 is 1.27 bits per heavy atom. The van der Waals surface area contributed by atoms with Crippen molar-refractivity contribution in [1.29, 1.82) is 0 Å². The van der Waals surface area contributed by atoms with Crippen LogP contribution in [0.5, 0.6) is 0 Å². The summed E-state index contributed by atoms with van der Waals surface area (Å²) in [5.41, 5.74) is 0.693. The van der Waals surface area contributed by atoms with E-state index in [1.165, 1.54) is 4.90 Å². The van der Waals surface area contributed by atoms with Crippen LogP contribution in [0.15, 0.2) is 58.2 Å². The first kappa shape index (κ1) is 16.9. The molecule has 0 aliphatic carbocycles. The summed E-state index contributed by atoms with van der Waals surface area (Å²) < 4.78 is 0.814. The number of nitrogens with zero attached hydrogens (tertiary/aromatic N) is 1. The maximum absolute atomic E-state index is 11.8. The molecule has 22 heavy (non-hydrogen) atoms. The number of carbonyl (C=O) groups is 1. The Bertz CT molecular complexity index is 652. The fraction of sp³-hybridized carbons (Fsp3) is 0.133. The molecule has 0 saturated heterocycles. The van der Waals surface area contributed by atoms with E-state index in [0.717, 1.165) is 10.2 Å². The van der Waals surface area contributed by atoms with E-state index < -0.39 is 0 Å². The third-order valence-electron chi connectivity index (χ3n) is 2.59. The van der Waals surface area contributed by atoms with Gasteiger partial charge in [0.1, 0.15) is 4.99 Å². The SMILES string of the molecule is O=C(NCCSc1ccccc1)NC(=S)c1cncc(Br)c1. The lowest BCUT2D eigenvalue weighted by atomic mass is 10.3. The maximum atomic E-state index is 11.8. The van der Waals surface area contributed by atoms with Crippen molar-refractivity contribution in [1.82, 2.24) is 15.6 Å². The molecule has 2 rings (SSSR count). The van der Waals surface area contributed by atoms with Gasteiger partial charge in [-0.2, -0.15) is 0 Å². The Morgan fingerprint density at radius 2 is 2.05 bits per heavy atom. The Labute approximate surface area is 147 Å². The van der Waals surface area contributed by atoms with Crippen molar-refractivity contribution in [2.75, 3.05) is 12.3 Å². The summed E-state index contributed by atoms with van der Waals surface area (Å²) in [5, 5.41) is 5.41. The van der Waals surface area contributed by atoms with Crippen molar-refractivity contribution < 1.29 is 4.79 Å². The standard InChI is InChI=1S/C15H14BrN3OS2/c16-12-8-11(9-17-10-12)14(21)19-15(20)18-6-7-22-13-4-2-1-3-5-13/h1-5,8-10H,6-7H2,(H2,18,19,20,21). The summed E-state index contributed by atoms with van der Waals surface area (Å²) in [6.45, 7) is 0.560. The largest absolute Gasteiger partial charge is 0.337 e. The average Bonchev–Trinajstić information content (AvgIpc) is 2.52. The lowest BCUT2D eigenvalue weighted by Gasteiger charge is -2.08. The van der Waals surface area contributed by atoms with Gasteiger partial charge >= 0.3 is 6.03 Å². The van der Waals surface area contributed by atoms with Crippen LogP contribution in [0.1, 0.15) is 5.56 Å². The zero-order chi connectivity index (χ0) is 15.8. The van der Waals surface area contributed by atoms with Crippen molar-refractivity contribution in [2.24, 2.45) is 0 Å². The normalized spacial score (nSPS) is 10.0. The van der Waals surface area contributed by atoms with Gasteiger partial charge in [-0.15, -0.1) is 11.8 Å². The van der Waals surface area contributed by atoms with Crippen LogP contribution in [0.3, 0.4) is 0 Å². The Balaban J connectivity index is 1.70. The molecule has 0 aliphatic rings. The summed E-state index contributed by atoms with van der Waals surface area (Å²) in [5.74, 6) is 0.794. The number of benzene rings is 1. The molecule has 0 saturated carbocycles. The number of pyridine rings is 1. The van der Waals surface area contributed by atoms with E-state index in [1.807, 2.05) is 30.3 Å². The molecule has 1 aromatic carbocycles. The van der Waals surface area contributed by atoms with Gasteiger partial charge in [0.05, 0.1) is 0 Å². The highest BCUT2D eigenvalue weighted by Gasteiger charge is 2.06. The van der Waals surface area contributed by atoms with Gasteiger partial charge in [0.15, 0.2) is 0 Å². The highest BCUT2D eigenvalue weighted by molar-refractivity contribution is 9.10. The van der Waals surface area contributed by atoms with Crippen LogP contribution in [0.2, 0.25) is 0 Å². The zero-order valence-corrected chi connectivity index (χ0v) is 14.8. The second kappa shape index (κ2) is 8.87. The number of halogens is 1. The van der Waals surface area contributed by atoms with E-state index in [9.17, 15) is 4.79 Å². The fourth-order valence-electron chi connectivity index (χ4n) is 1.61. The van der Waals surface area contributed by atoms with E-state index in [2.05, 4.69) is 31.5 Å². The molecule has 0 fully saturated rings. The van der Waals surface area contributed by atoms with Crippen LogP contribution in [0.25, 0.3) is 0 Å². The van der Waals surface area contributed by atoms with Gasteiger partial charge in [-0.25, -0.2) is 4.79 Å². The van der Waals surface area contributed by atoms with E-state index in [-0.39, 0.29) is 6.03 Å². The van der Waals surface area contributed by atoms with E-state index in [4.69, 9.17) is 12.2 Å². The Hall–Kier alpha value is -1.44. The molecular weight excluding hydrogens is 382 g/mol. The summed E-state index contributed by atoms with van der Waals surface area (Å²) in [4.78, 5) is 17.3. The molecule has 0 bridgehead atoms. The van der Waals surface area contributed by atoms with Crippen LogP contribution >= 0.6 is 39.9 Å². The van der Waals surface area contributed by atoms with Crippen LogP contribution < -0.4 is 10.6 Å². The van der Waals surface area contributed by atoms with Crippen LogP contribution in [-0.2, 0) is 0 Å². The van der Waals surface area contributed by atoms with Crippen LogP contribution in [0, 0.1) is 0 Å². The number of nitrogens with one attached hydrogen (secondary N) is 2. The molecule has 0 atom stereocenters. The molecule has 7 heteroatoms. The molecule has 0 aliphatic heterocycles. The molecule has 114 valence electrons. The molecule has 0 spiro atoms. The number of carbonyl (C=O) groups excluding carboxylic acids is 1. The number of hydrogen-bond donors (Lipinski definition) is 2. The molecule has 0 radical (unpaired) electrons. The predicted octanol–water partition coefficient (Wildman–Crippen LogP) is 3.61.